The second-order valence-corrected chi connectivity index (χ2v) is 12.4. The average Bonchev–Trinajstić information content (AvgIpc) is 3.74. The molecule has 3 fully saturated rings. The Morgan fingerprint density at radius 2 is 1.81 bits per heavy atom. The van der Waals surface area contributed by atoms with Gasteiger partial charge in [0.2, 0.25) is 11.8 Å². The van der Waals surface area contributed by atoms with Gasteiger partial charge in [0, 0.05) is 30.6 Å². The first-order valence-corrected chi connectivity index (χ1v) is 13.3. The molecule has 1 saturated heterocycles. The number of likely N-dealkylation sites (tertiary alicyclic amines) is 1. The number of hydrogen-bond acceptors (Lipinski definition) is 5. The number of rotatable bonds is 8. The number of aliphatic hydroxyl groups is 1. The summed E-state index contributed by atoms with van der Waals surface area (Å²) in [6.45, 7) is 8.26. The van der Waals surface area contributed by atoms with Crippen molar-refractivity contribution in [1.29, 1.82) is 0 Å². The Morgan fingerprint density at radius 3 is 2.42 bits per heavy atom. The number of β-amino-alcohol motifs (C(OH)–C–C–N with tert-alkyl or cyclic N) is 1. The first-order valence-electron chi connectivity index (χ1n) is 13.3. The van der Waals surface area contributed by atoms with Crippen molar-refractivity contribution in [3.8, 4) is 0 Å². The van der Waals surface area contributed by atoms with Crippen molar-refractivity contribution in [1.82, 2.24) is 25.2 Å². The number of aromatic nitrogens is 3. The van der Waals surface area contributed by atoms with Crippen LogP contribution < -0.4 is 5.32 Å². The van der Waals surface area contributed by atoms with Crippen LogP contribution in [0.1, 0.15) is 83.0 Å². The number of aliphatic hydroxyl groups excluding tert-OH is 1. The first-order chi connectivity index (χ1) is 17.0. The summed E-state index contributed by atoms with van der Waals surface area (Å²) in [6, 6.07) is 8.88. The van der Waals surface area contributed by atoms with Crippen molar-refractivity contribution in [3.63, 3.8) is 0 Å². The van der Waals surface area contributed by atoms with Gasteiger partial charge >= 0.3 is 0 Å². The average molecular weight is 494 g/mol. The van der Waals surface area contributed by atoms with Crippen LogP contribution in [0.3, 0.4) is 0 Å². The summed E-state index contributed by atoms with van der Waals surface area (Å²) in [5, 5.41) is 22.5. The SMILES string of the molecule is CC(Cc1ccccc1)(NC(=O)[C@@H]1C[C@@H](O)CN1C(=O)[C@H](n1cc(C2CC2)nn1)C(C)(C)C)C1CC1. The van der Waals surface area contributed by atoms with E-state index in [1.54, 1.807) is 9.58 Å². The molecule has 2 saturated carbocycles. The maximum atomic E-state index is 14.0. The van der Waals surface area contributed by atoms with E-state index in [0.29, 0.717) is 11.8 Å². The number of carbonyl (C=O) groups is 2. The van der Waals surface area contributed by atoms with Crippen LogP contribution in [-0.2, 0) is 16.0 Å². The van der Waals surface area contributed by atoms with Crippen molar-refractivity contribution in [3.05, 3.63) is 47.8 Å². The van der Waals surface area contributed by atoms with E-state index in [1.165, 1.54) is 5.56 Å². The molecule has 0 radical (unpaired) electrons. The summed E-state index contributed by atoms with van der Waals surface area (Å²) >= 11 is 0. The quantitative estimate of drug-likeness (QED) is 0.588. The van der Waals surface area contributed by atoms with Gasteiger partial charge in [0.05, 0.1) is 11.8 Å². The highest BCUT2D eigenvalue weighted by Crippen LogP contribution is 2.42. The second-order valence-electron chi connectivity index (χ2n) is 12.4. The van der Waals surface area contributed by atoms with E-state index < -0.39 is 29.1 Å². The van der Waals surface area contributed by atoms with E-state index in [-0.39, 0.29) is 24.8 Å². The third kappa shape index (κ3) is 5.19. The molecule has 194 valence electrons. The van der Waals surface area contributed by atoms with Crippen LogP contribution in [-0.4, -0.2) is 61.0 Å². The largest absolute Gasteiger partial charge is 0.391 e. The maximum absolute atomic E-state index is 14.0. The highest BCUT2D eigenvalue weighted by atomic mass is 16.3. The Bertz CT molecular complexity index is 1100. The minimum absolute atomic E-state index is 0.145. The molecule has 8 heteroatoms. The molecule has 36 heavy (non-hydrogen) atoms. The Morgan fingerprint density at radius 1 is 1.11 bits per heavy atom. The molecular weight excluding hydrogens is 454 g/mol. The van der Waals surface area contributed by atoms with Gasteiger partial charge in [-0.25, -0.2) is 4.68 Å². The van der Waals surface area contributed by atoms with Gasteiger partial charge in [-0.2, -0.15) is 0 Å². The standard InChI is InChI=1S/C28H39N5O3/c1-27(2,3)24(33-17-22(30-31-33)19-10-11-19)26(36)32-16-21(34)14-23(32)25(35)29-28(4,20-12-13-20)15-18-8-6-5-7-9-18/h5-9,17,19-21,23-24,34H,10-16H2,1-4H3,(H,29,35)/t21-,23+,24+,28?/m1/s1. The summed E-state index contributed by atoms with van der Waals surface area (Å²) in [6.07, 6.45) is 6.52. The number of carbonyl (C=O) groups excluding carboxylic acids is 2. The number of hydrogen-bond donors (Lipinski definition) is 2. The molecule has 4 atom stereocenters. The normalized spacial score (nSPS) is 24.9. The van der Waals surface area contributed by atoms with Crippen LogP contribution in [0.25, 0.3) is 0 Å². The molecule has 2 N–H and O–H groups in total. The Labute approximate surface area is 213 Å². The molecule has 0 bridgehead atoms. The summed E-state index contributed by atoms with van der Waals surface area (Å²) in [7, 11) is 0. The molecular formula is C28H39N5O3. The summed E-state index contributed by atoms with van der Waals surface area (Å²) in [5.41, 5.74) is 1.26. The van der Waals surface area contributed by atoms with Gasteiger partial charge < -0.3 is 15.3 Å². The van der Waals surface area contributed by atoms with E-state index in [4.69, 9.17) is 0 Å². The second kappa shape index (κ2) is 9.29. The van der Waals surface area contributed by atoms with E-state index in [2.05, 4.69) is 34.7 Å². The molecule has 8 nitrogen and oxygen atoms in total. The van der Waals surface area contributed by atoms with E-state index in [0.717, 1.165) is 37.8 Å². The fourth-order valence-corrected chi connectivity index (χ4v) is 5.72. The summed E-state index contributed by atoms with van der Waals surface area (Å²) < 4.78 is 1.67. The Balaban J connectivity index is 1.36. The van der Waals surface area contributed by atoms with Crippen molar-refractivity contribution in [2.45, 2.75) is 95.9 Å². The lowest BCUT2D eigenvalue weighted by atomic mass is 9.85. The van der Waals surface area contributed by atoms with Crippen molar-refractivity contribution < 1.29 is 14.7 Å². The highest BCUT2D eigenvalue weighted by molar-refractivity contribution is 5.90. The van der Waals surface area contributed by atoms with Crippen LogP contribution in [0, 0.1) is 11.3 Å². The van der Waals surface area contributed by atoms with Crippen molar-refractivity contribution >= 4 is 11.8 Å². The predicted molar refractivity (Wildman–Crippen MR) is 136 cm³/mol. The molecule has 1 unspecified atom stereocenters. The van der Waals surface area contributed by atoms with Gasteiger partial charge in [-0.1, -0.05) is 56.3 Å². The van der Waals surface area contributed by atoms with E-state index in [1.807, 2.05) is 45.2 Å². The molecule has 3 aliphatic rings. The molecule has 2 amide bonds. The molecule has 0 spiro atoms. The molecule has 2 aliphatic carbocycles. The Kier molecular flexibility index (Phi) is 6.43. The molecule has 5 rings (SSSR count). The zero-order valence-corrected chi connectivity index (χ0v) is 21.9. The van der Waals surface area contributed by atoms with Crippen LogP contribution in [0.4, 0.5) is 0 Å². The lowest BCUT2D eigenvalue weighted by Crippen LogP contribution is -2.57. The van der Waals surface area contributed by atoms with Crippen molar-refractivity contribution in [2.75, 3.05) is 6.54 Å². The molecule has 1 aromatic heterocycles. The third-order valence-electron chi connectivity index (χ3n) is 8.01. The van der Waals surface area contributed by atoms with Gasteiger partial charge in [-0.15, -0.1) is 5.10 Å². The van der Waals surface area contributed by atoms with Crippen LogP contribution in [0.5, 0.6) is 0 Å². The predicted octanol–water partition coefficient (Wildman–Crippen LogP) is 3.23. The van der Waals surface area contributed by atoms with E-state index >= 15 is 0 Å². The fourth-order valence-electron chi connectivity index (χ4n) is 5.72. The highest BCUT2D eigenvalue weighted by Gasteiger charge is 2.48. The molecule has 1 aliphatic heterocycles. The minimum atomic E-state index is -0.732. The molecule has 2 heterocycles. The number of nitrogens with one attached hydrogen (secondary N) is 1. The summed E-state index contributed by atoms with van der Waals surface area (Å²) in [4.78, 5) is 29.3. The van der Waals surface area contributed by atoms with Gasteiger partial charge in [0.1, 0.15) is 12.1 Å². The number of amides is 2. The first kappa shape index (κ1) is 24.9. The smallest absolute Gasteiger partial charge is 0.248 e. The van der Waals surface area contributed by atoms with Gasteiger partial charge in [-0.05, 0) is 55.9 Å². The topological polar surface area (TPSA) is 100 Å². The molecule has 2 aromatic rings. The lowest BCUT2D eigenvalue weighted by Gasteiger charge is -2.37. The van der Waals surface area contributed by atoms with Gasteiger partial charge in [-0.3, -0.25) is 9.59 Å². The molecule has 1 aromatic carbocycles. The zero-order valence-electron chi connectivity index (χ0n) is 21.9. The monoisotopic (exact) mass is 493 g/mol. The van der Waals surface area contributed by atoms with Crippen LogP contribution in [0.15, 0.2) is 36.5 Å². The number of nitrogens with zero attached hydrogens (tertiary/aromatic N) is 4. The number of benzene rings is 1. The minimum Gasteiger partial charge on any atom is -0.391 e. The third-order valence-corrected chi connectivity index (χ3v) is 8.01. The maximum Gasteiger partial charge on any atom is 0.248 e. The van der Waals surface area contributed by atoms with Crippen LogP contribution >= 0.6 is 0 Å². The lowest BCUT2D eigenvalue weighted by molar-refractivity contribution is -0.144. The summed E-state index contributed by atoms with van der Waals surface area (Å²) in [5.74, 6) is 0.472. The Hall–Kier alpha value is -2.74. The van der Waals surface area contributed by atoms with E-state index in [9.17, 15) is 14.7 Å². The van der Waals surface area contributed by atoms with Crippen molar-refractivity contribution in [2.24, 2.45) is 11.3 Å². The van der Waals surface area contributed by atoms with Crippen LogP contribution in [0.2, 0.25) is 0 Å². The van der Waals surface area contributed by atoms with Gasteiger partial charge in [0.25, 0.3) is 0 Å². The fraction of sp³-hybridized carbons (Fsp3) is 0.643. The van der Waals surface area contributed by atoms with Gasteiger partial charge in [0.15, 0.2) is 0 Å². The zero-order chi connectivity index (χ0) is 25.7.